The number of pyridine rings is 1. The Balaban J connectivity index is 2.97. The fraction of sp³-hybridized carbons (Fsp3) is 0.583. The molecule has 0 atom stereocenters. The highest BCUT2D eigenvalue weighted by Gasteiger charge is 2.16. The van der Waals surface area contributed by atoms with Crippen molar-refractivity contribution in [1.29, 1.82) is 0 Å². The van der Waals surface area contributed by atoms with Gasteiger partial charge in [-0.3, -0.25) is 4.98 Å². The third-order valence-corrected chi connectivity index (χ3v) is 3.42. The third kappa shape index (κ3) is 3.19. The molecule has 0 unspecified atom stereocenters. The van der Waals surface area contributed by atoms with E-state index in [0.717, 1.165) is 23.9 Å². The van der Waals surface area contributed by atoms with Crippen molar-refractivity contribution in [2.24, 2.45) is 5.73 Å². The summed E-state index contributed by atoms with van der Waals surface area (Å²) >= 11 is 3.55. The molecule has 0 saturated carbocycles. The van der Waals surface area contributed by atoms with Crippen LogP contribution in [0.5, 0.6) is 0 Å². The van der Waals surface area contributed by atoms with Gasteiger partial charge in [0, 0.05) is 31.5 Å². The first-order valence-corrected chi connectivity index (χ1v) is 6.60. The quantitative estimate of drug-likeness (QED) is 0.874. The minimum absolute atomic E-state index is 0.544. The van der Waals surface area contributed by atoms with Gasteiger partial charge in [0.1, 0.15) is 0 Å². The molecule has 0 spiro atoms. The largest absolute Gasteiger partial charge is 0.366 e. The first kappa shape index (κ1) is 13.5. The molecular formula is C12H20BrN3. The molecule has 2 N–H and O–H groups in total. The zero-order valence-corrected chi connectivity index (χ0v) is 11.6. The molecule has 0 aliphatic carbocycles. The van der Waals surface area contributed by atoms with Gasteiger partial charge in [-0.1, -0.05) is 13.8 Å². The Labute approximate surface area is 106 Å². The molecule has 0 fully saturated rings. The van der Waals surface area contributed by atoms with Crippen LogP contribution in [0.2, 0.25) is 0 Å². The predicted molar refractivity (Wildman–Crippen MR) is 72.7 cm³/mol. The van der Waals surface area contributed by atoms with Crippen LogP contribution < -0.4 is 10.6 Å². The van der Waals surface area contributed by atoms with E-state index in [1.165, 1.54) is 5.69 Å². The summed E-state index contributed by atoms with van der Waals surface area (Å²) < 4.78 is 1.04. The number of aromatic nitrogens is 1. The molecular weight excluding hydrogens is 266 g/mol. The molecule has 4 heteroatoms. The molecule has 0 aliphatic heterocycles. The Hall–Kier alpha value is -0.610. The Kier molecular flexibility index (Phi) is 5.77. The zero-order valence-electron chi connectivity index (χ0n) is 9.99. The molecule has 3 nitrogen and oxygen atoms in total. The average Bonchev–Trinajstić information content (AvgIpc) is 2.30. The molecule has 0 radical (unpaired) electrons. The summed E-state index contributed by atoms with van der Waals surface area (Å²) in [5.74, 6) is 0. The van der Waals surface area contributed by atoms with Crippen molar-refractivity contribution < 1.29 is 0 Å². The summed E-state index contributed by atoms with van der Waals surface area (Å²) in [6.45, 7) is 5.99. The van der Waals surface area contributed by atoms with Crippen LogP contribution in [0.4, 0.5) is 5.69 Å². The molecule has 1 rings (SSSR count). The van der Waals surface area contributed by atoms with E-state index in [9.17, 15) is 0 Å². The Morgan fingerprint density at radius 3 is 2.62 bits per heavy atom. The fourth-order valence-electron chi connectivity index (χ4n) is 1.97. The lowest BCUT2D eigenvalue weighted by Crippen LogP contribution is -2.38. The number of rotatable bonds is 6. The summed E-state index contributed by atoms with van der Waals surface area (Å²) in [7, 11) is 0. The smallest absolute Gasteiger partial charge is 0.0592 e. The second-order valence-corrected chi connectivity index (χ2v) is 4.63. The van der Waals surface area contributed by atoms with Crippen molar-refractivity contribution >= 4 is 21.6 Å². The van der Waals surface area contributed by atoms with Gasteiger partial charge in [0.05, 0.1) is 10.2 Å². The number of hydrogen-bond acceptors (Lipinski definition) is 3. The number of anilines is 1. The Morgan fingerprint density at radius 1 is 1.44 bits per heavy atom. The molecule has 0 amide bonds. The summed E-state index contributed by atoms with van der Waals surface area (Å²) in [5, 5.41) is 0. The number of halogens is 1. The predicted octanol–water partition coefficient (Wildman–Crippen LogP) is 2.80. The zero-order chi connectivity index (χ0) is 12.0. The minimum atomic E-state index is 0.544. The van der Waals surface area contributed by atoms with Crippen LogP contribution >= 0.6 is 15.9 Å². The maximum absolute atomic E-state index is 5.69. The van der Waals surface area contributed by atoms with Crippen LogP contribution in [-0.2, 0) is 0 Å². The van der Waals surface area contributed by atoms with Gasteiger partial charge in [0.25, 0.3) is 0 Å². The number of nitrogens with zero attached hydrogens (tertiary/aromatic N) is 2. The van der Waals surface area contributed by atoms with Gasteiger partial charge in [-0.15, -0.1) is 0 Å². The van der Waals surface area contributed by atoms with E-state index in [2.05, 4.69) is 39.7 Å². The van der Waals surface area contributed by atoms with Crippen LogP contribution in [0.25, 0.3) is 0 Å². The van der Waals surface area contributed by atoms with Crippen LogP contribution in [0.15, 0.2) is 22.9 Å². The third-order valence-electron chi connectivity index (χ3n) is 2.81. The van der Waals surface area contributed by atoms with Crippen molar-refractivity contribution in [3.63, 3.8) is 0 Å². The van der Waals surface area contributed by atoms with Crippen molar-refractivity contribution in [2.45, 2.75) is 32.7 Å². The molecule has 0 bridgehead atoms. The van der Waals surface area contributed by atoms with Gasteiger partial charge in [0.2, 0.25) is 0 Å². The normalized spacial score (nSPS) is 10.8. The van der Waals surface area contributed by atoms with E-state index >= 15 is 0 Å². The minimum Gasteiger partial charge on any atom is -0.366 e. The maximum Gasteiger partial charge on any atom is 0.0592 e. The van der Waals surface area contributed by atoms with E-state index in [0.29, 0.717) is 12.6 Å². The summed E-state index contributed by atoms with van der Waals surface area (Å²) in [6.07, 6.45) is 5.92. The summed E-state index contributed by atoms with van der Waals surface area (Å²) in [6, 6.07) is 2.58. The molecule has 0 saturated heterocycles. The monoisotopic (exact) mass is 285 g/mol. The molecule has 0 aliphatic rings. The topological polar surface area (TPSA) is 42.1 Å². The van der Waals surface area contributed by atoms with Crippen LogP contribution in [0.1, 0.15) is 26.7 Å². The standard InChI is InChI=1S/C12H20BrN3/c1-3-10(4-2)16(8-6-14)12-5-7-15-9-11(12)13/h5,7,9-10H,3-4,6,8,14H2,1-2H3. The maximum atomic E-state index is 5.69. The highest BCUT2D eigenvalue weighted by Crippen LogP contribution is 2.27. The van der Waals surface area contributed by atoms with Crippen LogP contribution in [-0.4, -0.2) is 24.1 Å². The molecule has 1 aromatic heterocycles. The lowest BCUT2D eigenvalue weighted by molar-refractivity contribution is 0.558. The molecule has 0 aromatic carbocycles. The van der Waals surface area contributed by atoms with E-state index in [4.69, 9.17) is 5.73 Å². The molecule has 90 valence electrons. The highest BCUT2D eigenvalue weighted by atomic mass is 79.9. The first-order chi connectivity index (χ1) is 7.74. The lowest BCUT2D eigenvalue weighted by atomic mass is 10.1. The van der Waals surface area contributed by atoms with Crippen LogP contribution in [0, 0.1) is 0 Å². The van der Waals surface area contributed by atoms with Gasteiger partial charge >= 0.3 is 0 Å². The molecule has 16 heavy (non-hydrogen) atoms. The van der Waals surface area contributed by atoms with E-state index in [1.54, 1.807) is 0 Å². The van der Waals surface area contributed by atoms with Gasteiger partial charge in [-0.25, -0.2) is 0 Å². The molecule has 1 aromatic rings. The van der Waals surface area contributed by atoms with E-state index in [-0.39, 0.29) is 0 Å². The average molecular weight is 286 g/mol. The molecule has 1 heterocycles. The Morgan fingerprint density at radius 2 is 2.12 bits per heavy atom. The second-order valence-electron chi connectivity index (χ2n) is 3.78. The van der Waals surface area contributed by atoms with Crippen LogP contribution in [0.3, 0.4) is 0 Å². The van der Waals surface area contributed by atoms with Crippen molar-refractivity contribution in [3.05, 3.63) is 22.9 Å². The lowest BCUT2D eigenvalue weighted by Gasteiger charge is -2.33. The van der Waals surface area contributed by atoms with E-state index < -0.39 is 0 Å². The second kappa shape index (κ2) is 6.86. The fourth-order valence-corrected chi connectivity index (χ4v) is 2.45. The number of nitrogens with two attached hydrogens (primary N) is 1. The van der Waals surface area contributed by atoms with Gasteiger partial charge in [-0.05, 0) is 34.8 Å². The summed E-state index contributed by atoms with van der Waals surface area (Å²) in [4.78, 5) is 6.46. The summed E-state index contributed by atoms with van der Waals surface area (Å²) in [5.41, 5.74) is 6.88. The SMILES string of the molecule is CCC(CC)N(CCN)c1ccncc1Br. The van der Waals surface area contributed by atoms with Gasteiger partial charge < -0.3 is 10.6 Å². The van der Waals surface area contributed by atoms with Crippen molar-refractivity contribution in [2.75, 3.05) is 18.0 Å². The van der Waals surface area contributed by atoms with Crippen molar-refractivity contribution in [1.82, 2.24) is 4.98 Å². The Bertz CT molecular complexity index is 313. The number of hydrogen-bond donors (Lipinski definition) is 1. The van der Waals surface area contributed by atoms with E-state index in [1.807, 2.05) is 18.5 Å². The highest BCUT2D eigenvalue weighted by molar-refractivity contribution is 9.10. The van der Waals surface area contributed by atoms with Crippen molar-refractivity contribution in [3.8, 4) is 0 Å². The van der Waals surface area contributed by atoms with Gasteiger partial charge in [-0.2, -0.15) is 0 Å². The first-order valence-electron chi connectivity index (χ1n) is 5.80. The van der Waals surface area contributed by atoms with Gasteiger partial charge in [0.15, 0.2) is 0 Å².